The van der Waals surface area contributed by atoms with Crippen molar-refractivity contribution in [1.82, 2.24) is 4.90 Å². The van der Waals surface area contributed by atoms with E-state index in [2.05, 4.69) is 79.4 Å². The van der Waals surface area contributed by atoms with E-state index in [1.54, 1.807) is 7.11 Å². The Labute approximate surface area is 197 Å². The molecule has 0 bridgehead atoms. The van der Waals surface area contributed by atoms with E-state index < -0.39 is 0 Å². The fourth-order valence-corrected chi connectivity index (χ4v) is 4.65. The number of likely N-dealkylation sites (tertiary alicyclic amines) is 1. The van der Waals surface area contributed by atoms with Gasteiger partial charge in [-0.1, -0.05) is 60.2 Å². The Balaban J connectivity index is 1.40. The minimum absolute atomic E-state index is 0.203. The number of hydrogen-bond donors (Lipinski definition) is 1. The summed E-state index contributed by atoms with van der Waals surface area (Å²) in [5, 5.41) is 10.7. The van der Waals surface area contributed by atoms with Crippen LogP contribution in [0.2, 0.25) is 0 Å². The molecule has 4 heteroatoms. The fraction of sp³-hybridized carbons (Fsp3) is 0.379. The third-order valence-electron chi connectivity index (χ3n) is 6.64. The number of hydrogen-bond acceptors (Lipinski definition) is 4. The van der Waals surface area contributed by atoms with Gasteiger partial charge >= 0.3 is 0 Å². The van der Waals surface area contributed by atoms with Gasteiger partial charge in [-0.25, -0.2) is 0 Å². The first-order valence-corrected chi connectivity index (χ1v) is 11.8. The van der Waals surface area contributed by atoms with Crippen molar-refractivity contribution >= 4 is 0 Å². The zero-order chi connectivity index (χ0) is 23.2. The number of benzene rings is 3. The lowest BCUT2D eigenvalue weighted by Crippen LogP contribution is -2.43. The van der Waals surface area contributed by atoms with Gasteiger partial charge in [0, 0.05) is 25.6 Å². The van der Waals surface area contributed by atoms with Crippen LogP contribution in [-0.4, -0.2) is 36.3 Å². The predicted molar refractivity (Wildman–Crippen MR) is 133 cm³/mol. The van der Waals surface area contributed by atoms with Gasteiger partial charge in [-0.05, 0) is 61.1 Å². The van der Waals surface area contributed by atoms with Crippen LogP contribution < -0.4 is 9.47 Å². The van der Waals surface area contributed by atoms with Crippen LogP contribution in [0.25, 0.3) is 0 Å². The Morgan fingerprint density at radius 2 is 1.76 bits per heavy atom. The number of methoxy groups -OCH3 is 1. The molecule has 1 heterocycles. The highest BCUT2D eigenvalue weighted by molar-refractivity contribution is 5.43. The highest BCUT2D eigenvalue weighted by Gasteiger charge is 2.28. The number of nitrogens with zero attached hydrogens (tertiary/aromatic N) is 1. The summed E-state index contributed by atoms with van der Waals surface area (Å²) in [6.45, 7) is 7.47. The van der Waals surface area contributed by atoms with Crippen LogP contribution in [0.15, 0.2) is 66.7 Å². The Morgan fingerprint density at radius 3 is 2.55 bits per heavy atom. The van der Waals surface area contributed by atoms with Crippen LogP contribution in [0.4, 0.5) is 0 Å². The molecule has 0 spiro atoms. The van der Waals surface area contributed by atoms with Gasteiger partial charge in [0.15, 0.2) is 11.5 Å². The quantitative estimate of drug-likeness (QED) is 0.510. The zero-order valence-corrected chi connectivity index (χ0v) is 20.0. The molecule has 33 heavy (non-hydrogen) atoms. The minimum Gasteiger partial charge on any atom is -0.493 e. The maximum atomic E-state index is 10.7. The van der Waals surface area contributed by atoms with Crippen molar-refractivity contribution in [2.45, 2.75) is 45.9 Å². The van der Waals surface area contributed by atoms with Gasteiger partial charge in [0.1, 0.15) is 6.61 Å². The molecule has 1 saturated heterocycles. The molecular weight excluding hydrogens is 410 g/mol. The highest BCUT2D eigenvalue weighted by atomic mass is 16.5. The molecule has 0 amide bonds. The second-order valence-electron chi connectivity index (χ2n) is 9.24. The van der Waals surface area contributed by atoms with Crippen molar-refractivity contribution in [3.63, 3.8) is 0 Å². The van der Waals surface area contributed by atoms with Crippen molar-refractivity contribution in [2.75, 3.05) is 20.2 Å². The van der Waals surface area contributed by atoms with Crippen LogP contribution in [0, 0.1) is 19.8 Å². The van der Waals surface area contributed by atoms with Crippen molar-refractivity contribution in [2.24, 2.45) is 5.92 Å². The SMILES string of the molecule is COc1cc(CC2CN(Cc3ccccc3)CCC2O)ccc1OCc1cc(C)ccc1C. The smallest absolute Gasteiger partial charge is 0.161 e. The van der Waals surface area contributed by atoms with Gasteiger partial charge in [-0.15, -0.1) is 0 Å². The van der Waals surface area contributed by atoms with Gasteiger partial charge in [-0.2, -0.15) is 0 Å². The largest absolute Gasteiger partial charge is 0.493 e. The van der Waals surface area contributed by atoms with E-state index >= 15 is 0 Å². The first-order chi connectivity index (χ1) is 16.0. The Bertz CT molecular complexity index is 1050. The third-order valence-corrected chi connectivity index (χ3v) is 6.64. The lowest BCUT2D eigenvalue weighted by atomic mass is 9.88. The molecule has 174 valence electrons. The van der Waals surface area contributed by atoms with E-state index in [1.165, 1.54) is 22.3 Å². The molecule has 1 aliphatic rings. The summed E-state index contributed by atoms with van der Waals surface area (Å²) in [7, 11) is 1.68. The van der Waals surface area contributed by atoms with Crippen molar-refractivity contribution in [3.8, 4) is 11.5 Å². The Morgan fingerprint density at radius 1 is 0.939 bits per heavy atom. The standard InChI is InChI=1S/C29H35NO3/c1-21-9-10-22(2)26(15-21)20-33-28-12-11-24(17-29(28)32-3)16-25-19-30(14-13-27(25)31)18-23-7-5-4-6-8-23/h4-12,15,17,25,27,31H,13-14,16,18-20H2,1-3H3. The maximum Gasteiger partial charge on any atom is 0.161 e. The summed E-state index contributed by atoms with van der Waals surface area (Å²) in [6, 6.07) is 23.1. The molecule has 2 unspecified atom stereocenters. The lowest BCUT2D eigenvalue weighted by Gasteiger charge is -2.36. The molecule has 3 aromatic carbocycles. The summed E-state index contributed by atoms with van der Waals surface area (Å²) in [5.41, 5.74) is 6.12. The molecule has 3 aromatic rings. The van der Waals surface area contributed by atoms with Crippen LogP contribution in [0.1, 0.15) is 34.2 Å². The summed E-state index contributed by atoms with van der Waals surface area (Å²) < 4.78 is 11.8. The van der Waals surface area contributed by atoms with Crippen molar-refractivity contribution in [3.05, 3.63) is 94.5 Å². The topological polar surface area (TPSA) is 41.9 Å². The summed E-state index contributed by atoms with van der Waals surface area (Å²) in [4.78, 5) is 2.45. The average molecular weight is 446 g/mol. The average Bonchev–Trinajstić information content (AvgIpc) is 2.83. The van der Waals surface area contributed by atoms with Gasteiger partial charge in [0.05, 0.1) is 13.2 Å². The van der Waals surface area contributed by atoms with Gasteiger partial charge in [0.2, 0.25) is 0 Å². The maximum absolute atomic E-state index is 10.7. The molecular formula is C29H35NO3. The van der Waals surface area contributed by atoms with E-state index in [9.17, 15) is 5.11 Å². The van der Waals surface area contributed by atoms with Crippen LogP contribution in [0.5, 0.6) is 11.5 Å². The number of aliphatic hydroxyl groups excluding tert-OH is 1. The summed E-state index contributed by atoms with van der Waals surface area (Å²) in [5.74, 6) is 1.69. The second kappa shape index (κ2) is 10.9. The van der Waals surface area contributed by atoms with E-state index in [-0.39, 0.29) is 12.0 Å². The number of aryl methyl sites for hydroxylation is 2. The summed E-state index contributed by atoms with van der Waals surface area (Å²) >= 11 is 0. The van der Waals surface area contributed by atoms with Crippen molar-refractivity contribution in [1.29, 1.82) is 0 Å². The third kappa shape index (κ3) is 6.16. The molecule has 0 aromatic heterocycles. The van der Waals surface area contributed by atoms with Crippen LogP contribution >= 0.6 is 0 Å². The lowest BCUT2D eigenvalue weighted by molar-refractivity contribution is 0.0239. The van der Waals surface area contributed by atoms with Crippen LogP contribution in [-0.2, 0) is 19.6 Å². The Hall–Kier alpha value is -2.82. The predicted octanol–water partition coefficient (Wildman–Crippen LogP) is 5.32. The second-order valence-corrected chi connectivity index (χ2v) is 9.24. The number of rotatable bonds is 8. The van der Waals surface area contributed by atoms with Gasteiger partial charge < -0.3 is 14.6 Å². The number of aliphatic hydroxyl groups is 1. The molecule has 4 rings (SSSR count). The normalized spacial score (nSPS) is 18.8. The van der Waals surface area contributed by atoms with E-state index in [0.717, 1.165) is 49.5 Å². The van der Waals surface area contributed by atoms with E-state index in [1.807, 2.05) is 6.07 Å². The van der Waals surface area contributed by atoms with Crippen LogP contribution in [0.3, 0.4) is 0 Å². The monoisotopic (exact) mass is 445 g/mol. The number of ether oxygens (including phenoxy) is 2. The number of piperidine rings is 1. The molecule has 2 atom stereocenters. The molecule has 0 saturated carbocycles. The molecule has 1 aliphatic heterocycles. The molecule has 1 N–H and O–H groups in total. The van der Waals surface area contributed by atoms with Gasteiger partial charge in [-0.3, -0.25) is 4.90 Å². The zero-order valence-electron chi connectivity index (χ0n) is 20.0. The molecule has 1 fully saturated rings. The fourth-order valence-electron chi connectivity index (χ4n) is 4.65. The molecule has 0 aliphatic carbocycles. The van der Waals surface area contributed by atoms with E-state index in [4.69, 9.17) is 9.47 Å². The molecule has 4 nitrogen and oxygen atoms in total. The van der Waals surface area contributed by atoms with E-state index in [0.29, 0.717) is 6.61 Å². The molecule has 0 radical (unpaired) electrons. The minimum atomic E-state index is -0.275. The van der Waals surface area contributed by atoms with Gasteiger partial charge in [0.25, 0.3) is 0 Å². The highest BCUT2D eigenvalue weighted by Crippen LogP contribution is 2.31. The first-order valence-electron chi connectivity index (χ1n) is 11.8. The first kappa shape index (κ1) is 23.3. The Kier molecular flexibility index (Phi) is 7.69. The summed E-state index contributed by atoms with van der Waals surface area (Å²) in [6.07, 6.45) is 1.36. The van der Waals surface area contributed by atoms with Crippen molar-refractivity contribution < 1.29 is 14.6 Å².